The van der Waals surface area contributed by atoms with Gasteiger partial charge in [0, 0.05) is 36.7 Å². The predicted octanol–water partition coefficient (Wildman–Crippen LogP) is 5.06. The number of rotatable bonds is 9. The summed E-state index contributed by atoms with van der Waals surface area (Å²) in [5.41, 5.74) is 3.55. The van der Waals surface area contributed by atoms with Crippen LogP contribution in [0.25, 0.3) is 0 Å². The minimum Gasteiger partial charge on any atom is -0.494 e. The number of benzene rings is 1. The number of fused-ring (bicyclic) bond motifs is 1. The van der Waals surface area contributed by atoms with Crippen LogP contribution in [-0.2, 0) is 29.0 Å². The summed E-state index contributed by atoms with van der Waals surface area (Å²) in [6, 6.07) is 13.9. The van der Waals surface area contributed by atoms with E-state index in [-0.39, 0.29) is 24.2 Å². The maximum atomic E-state index is 12.9. The number of thiophene rings is 1. The minimum atomic E-state index is -0.144. The van der Waals surface area contributed by atoms with Crippen molar-refractivity contribution in [3.63, 3.8) is 0 Å². The van der Waals surface area contributed by atoms with E-state index >= 15 is 0 Å². The fraction of sp³-hybridized carbons (Fsp3) is 0.357. The third kappa shape index (κ3) is 5.92. The van der Waals surface area contributed by atoms with Gasteiger partial charge in [-0.3, -0.25) is 14.6 Å². The predicted molar refractivity (Wildman–Crippen MR) is 140 cm³/mol. The van der Waals surface area contributed by atoms with Gasteiger partial charge in [0.1, 0.15) is 16.8 Å². The summed E-state index contributed by atoms with van der Waals surface area (Å²) in [4.78, 5) is 32.6. The van der Waals surface area contributed by atoms with Crippen molar-refractivity contribution in [2.45, 2.75) is 52.0 Å². The molecule has 1 aliphatic rings. The van der Waals surface area contributed by atoms with E-state index < -0.39 is 0 Å². The first kappa shape index (κ1) is 25.4. The van der Waals surface area contributed by atoms with E-state index in [1.165, 1.54) is 11.3 Å². The molecule has 0 saturated carbocycles. The summed E-state index contributed by atoms with van der Waals surface area (Å²) in [7, 11) is 0. The molecule has 4 rings (SSSR count). The van der Waals surface area contributed by atoms with Crippen LogP contribution in [0, 0.1) is 11.3 Å². The van der Waals surface area contributed by atoms with E-state index in [9.17, 15) is 14.9 Å². The monoisotopic (exact) mass is 502 g/mol. The van der Waals surface area contributed by atoms with Crippen molar-refractivity contribution in [1.82, 2.24) is 9.88 Å². The van der Waals surface area contributed by atoms with Gasteiger partial charge >= 0.3 is 0 Å². The number of nitriles is 1. The lowest BCUT2D eigenvalue weighted by Crippen LogP contribution is -2.35. The summed E-state index contributed by atoms with van der Waals surface area (Å²) in [6.45, 7) is 5.54. The molecule has 0 saturated heterocycles. The van der Waals surface area contributed by atoms with Crippen molar-refractivity contribution in [1.29, 1.82) is 5.26 Å². The van der Waals surface area contributed by atoms with E-state index in [0.717, 1.165) is 27.3 Å². The summed E-state index contributed by atoms with van der Waals surface area (Å²) >= 11 is 1.40. The summed E-state index contributed by atoms with van der Waals surface area (Å²) in [6.07, 6.45) is 5.46. The average Bonchev–Trinajstić information content (AvgIpc) is 3.24. The molecule has 0 aliphatic carbocycles. The van der Waals surface area contributed by atoms with Gasteiger partial charge in [-0.1, -0.05) is 25.1 Å². The van der Waals surface area contributed by atoms with Crippen LogP contribution in [0.3, 0.4) is 0 Å². The SMILES string of the molecule is CCOc1ccccc1C(C)CC(=O)Nc1sc2c(c1C#N)CCN(C(=O)CCc1ccncc1)C2. The number of aromatic nitrogens is 1. The van der Waals surface area contributed by atoms with Crippen molar-refractivity contribution >= 4 is 28.2 Å². The highest BCUT2D eigenvalue weighted by molar-refractivity contribution is 7.16. The zero-order valence-electron chi connectivity index (χ0n) is 20.6. The standard InChI is InChI=1S/C28H30N4O3S/c1-3-35-24-7-5-4-6-21(24)19(2)16-26(33)31-28-23(17-29)22-12-15-32(18-25(22)36-28)27(34)9-8-20-10-13-30-14-11-20/h4-7,10-11,13-14,19H,3,8-9,12,15-16,18H2,1-2H3,(H,31,33). The van der Waals surface area contributed by atoms with Gasteiger partial charge in [-0.05, 0) is 60.6 Å². The van der Waals surface area contributed by atoms with Crippen molar-refractivity contribution in [3.05, 3.63) is 75.9 Å². The number of nitrogens with zero attached hydrogens (tertiary/aromatic N) is 3. The first-order valence-corrected chi connectivity index (χ1v) is 13.0. The molecule has 8 heteroatoms. The van der Waals surface area contributed by atoms with Gasteiger partial charge in [0.15, 0.2) is 0 Å². The molecule has 1 aliphatic heterocycles. The van der Waals surface area contributed by atoms with E-state index in [1.807, 2.05) is 55.1 Å². The van der Waals surface area contributed by atoms with E-state index in [4.69, 9.17) is 4.74 Å². The molecule has 36 heavy (non-hydrogen) atoms. The van der Waals surface area contributed by atoms with Crippen LogP contribution < -0.4 is 10.1 Å². The second-order valence-electron chi connectivity index (χ2n) is 8.86. The third-order valence-corrected chi connectivity index (χ3v) is 7.52. The van der Waals surface area contributed by atoms with Crippen molar-refractivity contribution in [2.24, 2.45) is 0 Å². The Labute approximate surface area is 215 Å². The zero-order chi connectivity index (χ0) is 25.5. The first-order valence-electron chi connectivity index (χ1n) is 12.2. The van der Waals surface area contributed by atoms with E-state index in [1.54, 1.807) is 12.4 Å². The van der Waals surface area contributed by atoms with Crippen LogP contribution in [0.1, 0.15) is 59.7 Å². The quantitative estimate of drug-likeness (QED) is 0.441. The van der Waals surface area contributed by atoms with Crippen LogP contribution in [0.5, 0.6) is 5.75 Å². The molecule has 0 fully saturated rings. The second kappa shape index (κ2) is 11.8. The smallest absolute Gasteiger partial charge is 0.225 e. The molecule has 1 N–H and O–H groups in total. The molecule has 7 nitrogen and oxygen atoms in total. The van der Waals surface area contributed by atoms with Gasteiger partial charge in [-0.2, -0.15) is 5.26 Å². The van der Waals surface area contributed by atoms with Gasteiger partial charge in [0.2, 0.25) is 11.8 Å². The number of ether oxygens (including phenoxy) is 1. The normalized spacial score (nSPS) is 13.4. The molecule has 0 bridgehead atoms. The Morgan fingerprint density at radius 2 is 2.03 bits per heavy atom. The molecule has 2 aromatic heterocycles. The van der Waals surface area contributed by atoms with Crippen LogP contribution in [-0.4, -0.2) is 34.8 Å². The molecule has 2 amide bonds. The number of carbonyl (C=O) groups excluding carboxylic acids is 2. The number of hydrogen-bond donors (Lipinski definition) is 1. The molecule has 3 heterocycles. The Balaban J connectivity index is 1.40. The highest BCUT2D eigenvalue weighted by Gasteiger charge is 2.27. The van der Waals surface area contributed by atoms with Crippen LogP contribution in [0.15, 0.2) is 48.8 Å². The van der Waals surface area contributed by atoms with Gasteiger partial charge in [0.25, 0.3) is 0 Å². The summed E-state index contributed by atoms with van der Waals surface area (Å²) in [5, 5.41) is 13.4. The number of amides is 2. The van der Waals surface area contributed by atoms with Gasteiger partial charge in [0.05, 0.1) is 18.7 Å². The molecule has 0 radical (unpaired) electrons. The van der Waals surface area contributed by atoms with Crippen LogP contribution >= 0.6 is 11.3 Å². The topological polar surface area (TPSA) is 95.3 Å². The third-order valence-electron chi connectivity index (χ3n) is 6.39. The maximum absolute atomic E-state index is 12.9. The largest absolute Gasteiger partial charge is 0.494 e. The molecule has 1 atom stereocenters. The number of carbonyl (C=O) groups is 2. The highest BCUT2D eigenvalue weighted by Crippen LogP contribution is 2.37. The van der Waals surface area contributed by atoms with E-state index in [0.29, 0.717) is 49.5 Å². The Morgan fingerprint density at radius 3 is 2.78 bits per heavy atom. The Kier molecular flexibility index (Phi) is 8.34. The molecular formula is C28H30N4O3S. The van der Waals surface area contributed by atoms with Crippen molar-refractivity contribution in [3.8, 4) is 11.8 Å². The van der Waals surface area contributed by atoms with E-state index in [2.05, 4.69) is 16.4 Å². The van der Waals surface area contributed by atoms with Crippen LogP contribution in [0.4, 0.5) is 5.00 Å². The molecule has 1 unspecified atom stereocenters. The average molecular weight is 503 g/mol. The van der Waals surface area contributed by atoms with Crippen molar-refractivity contribution < 1.29 is 14.3 Å². The van der Waals surface area contributed by atoms with Gasteiger partial charge < -0.3 is 15.0 Å². The Hall–Kier alpha value is -3.70. The number of pyridine rings is 1. The van der Waals surface area contributed by atoms with Crippen LogP contribution in [0.2, 0.25) is 0 Å². The number of nitrogens with one attached hydrogen (secondary N) is 1. The second-order valence-corrected chi connectivity index (χ2v) is 9.97. The molecule has 3 aromatic rings. The number of hydrogen-bond acceptors (Lipinski definition) is 6. The highest BCUT2D eigenvalue weighted by atomic mass is 32.1. The van der Waals surface area contributed by atoms with Gasteiger partial charge in [-0.15, -0.1) is 11.3 Å². The van der Waals surface area contributed by atoms with Crippen molar-refractivity contribution in [2.75, 3.05) is 18.5 Å². The summed E-state index contributed by atoms with van der Waals surface area (Å²) < 4.78 is 5.71. The fourth-order valence-corrected chi connectivity index (χ4v) is 5.75. The molecule has 186 valence electrons. The lowest BCUT2D eigenvalue weighted by molar-refractivity contribution is -0.132. The number of aryl methyl sites for hydroxylation is 1. The number of para-hydroxylation sites is 1. The van der Waals surface area contributed by atoms with Gasteiger partial charge in [-0.25, -0.2) is 0 Å². The first-order chi connectivity index (χ1) is 17.5. The fourth-order valence-electron chi connectivity index (χ4n) is 4.52. The molecule has 1 aromatic carbocycles. The molecule has 0 spiro atoms. The lowest BCUT2D eigenvalue weighted by atomic mass is 9.96. The lowest BCUT2D eigenvalue weighted by Gasteiger charge is -2.27. The maximum Gasteiger partial charge on any atom is 0.225 e. The Morgan fingerprint density at radius 1 is 1.25 bits per heavy atom. The Bertz CT molecular complexity index is 1270. The zero-order valence-corrected chi connectivity index (χ0v) is 21.4. The summed E-state index contributed by atoms with van der Waals surface area (Å²) in [5.74, 6) is 0.700. The number of anilines is 1. The minimum absolute atomic E-state index is 0.0404. The molecular weight excluding hydrogens is 472 g/mol.